The number of fused-ring (bicyclic) bond motifs is 7. The van der Waals surface area contributed by atoms with Crippen LogP contribution in [-0.4, -0.2) is 53.2 Å². The topological polar surface area (TPSA) is 146 Å². The van der Waals surface area contributed by atoms with E-state index in [1.807, 2.05) is 26.0 Å². The molecular formula is C37H42N4O6. The molecule has 1 fully saturated rings. The van der Waals surface area contributed by atoms with Crippen molar-refractivity contribution in [3.05, 3.63) is 78.2 Å². The molecule has 10 heteroatoms. The van der Waals surface area contributed by atoms with Crippen LogP contribution in [-0.2, 0) is 36.7 Å². The maximum atomic E-state index is 14.4. The lowest BCUT2D eigenvalue weighted by Gasteiger charge is -2.26. The van der Waals surface area contributed by atoms with Crippen LogP contribution in [0.25, 0.3) is 23.8 Å². The van der Waals surface area contributed by atoms with Gasteiger partial charge in [0, 0.05) is 75.0 Å². The number of esters is 2. The zero-order valence-corrected chi connectivity index (χ0v) is 28.2. The van der Waals surface area contributed by atoms with Gasteiger partial charge in [-0.3, -0.25) is 14.4 Å². The second kappa shape index (κ2) is 11.7. The standard InChI is InChI=1S/C37H42N4O6/c1-9-21-17(2)25-15-29-22(12-13-42)18(3)24(39-29)14-26-19(4)23(10-11-30(43)46-7)33(40-26)32-34-31(35(44)37(32,6)36(45)47-8)20(5)27(41-34)16-28(21)38-25/h13-16,19,23,38-41H,9-12H2,1-8H3. The highest BCUT2D eigenvalue weighted by Gasteiger charge is 2.57. The Morgan fingerprint density at radius 1 is 0.915 bits per heavy atom. The van der Waals surface area contributed by atoms with E-state index in [0.717, 1.165) is 74.0 Å². The molecule has 246 valence electrons. The van der Waals surface area contributed by atoms with Crippen molar-refractivity contribution in [2.24, 2.45) is 17.3 Å². The molecule has 47 heavy (non-hydrogen) atoms. The van der Waals surface area contributed by atoms with Gasteiger partial charge in [0.15, 0.2) is 11.2 Å². The van der Waals surface area contributed by atoms with E-state index in [9.17, 15) is 19.2 Å². The van der Waals surface area contributed by atoms with E-state index in [2.05, 4.69) is 47.1 Å². The van der Waals surface area contributed by atoms with Crippen LogP contribution in [0.2, 0.25) is 0 Å². The van der Waals surface area contributed by atoms with Crippen LogP contribution in [0, 0.1) is 38.0 Å². The fraction of sp³-hybridized carbons (Fsp3) is 0.405. The number of aromatic nitrogens is 3. The predicted molar refractivity (Wildman–Crippen MR) is 179 cm³/mol. The van der Waals surface area contributed by atoms with Gasteiger partial charge in [0.25, 0.3) is 0 Å². The number of aromatic amines is 3. The number of methoxy groups -OCH3 is 2. The third-order valence-electron chi connectivity index (χ3n) is 10.6. The van der Waals surface area contributed by atoms with Gasteiger partial charge >= 0.3 is 11.9 Å². The smallest absolute Gasteiger partial charge is 0.324 e. The number of H-pyrrole nitrogens is 3. The van der Waals surface area contributed by atoms with Crippen molar-refractivity contribution in [1.82, 2.24) is 20.3 Å². The highest BCUT2D eigenvalue weighted by atomic mass is 16.5. The molecule has 0 amide bonds. The molecule has 1 aliphatic carbocycles. The molecule has 4 N–H and O–H groups in total. The average Bonchev–Trinajstić information content (AvgIpc) is 3.77. The second-order valence-electron chi connectivity index (χ2n) is 13.0. The largest absolute Gasteiger partial charge is 0.469 e. The molecule has 3 atom stereocenters. The molecule has 6 rings (SSSR count). The van der Waals surface area contributed by atoms with E-state index >= 15 is 0 Å². The van der Waals surface area contributed by atoms with Gasteiger partial charge in [0.1, 0.15) is 6.29 Å². The molecule has 3 aromatic heterocycles. The highest BCUT2D eigenvalue weighted by Crippen LogP contribution is 2.53. The summed E-state index contributed by atoms with van der Waals surface area (Å²) in [4.78, 5) is 63.0. The van der Waals surface area contributed by atoms with Crippen molar-refractivity contribution in [3.63, 3.8) is 0 Å². The van der Waals surface area contributed by atoms with Gasteiger partial charge in [0.05, 0.1) is 19.9 Å². The first-order valence-electron chi connectivity index (χ1n) is 16.1. The van der Waals surface area contributed by atoms with E-state index in [0.29, 0.717) is 28.9 Å². The van der Waals surface area contributed by atoms with Crippen molar-refractivity contribution < 1.29 is 28.7 Å². The maximum Gasteiger partial charge on any atom is 0.324 e. The summed E-state index contributed by atoms with van der Waals surface area (Å²) >= 11 is 0. The number of hydrogen-bond acceptors (Lipinski definition) is 7. The van der Waals surface area contributed by atoms with Crippen LogP contribution in [0.15, 0.2) is 11.4 Å². The Labute approximate surface area is 273 Å². The molecule has 2 aliphatic heterocycles. The Morgan fingerprint density at radius 2 is 1.62 bits per heavy atom. The third-order valence-corrected chi connectivity index (χ3v) is 10.6. The minimum atomic E-state index is -1.61. The summed E-state index contributed by atoms with van der Waals surface area (Å²) in [5, 5.41) is 5.46. The van der Waals surface area contributed by atoms with Gasteiger partial charge in [-0.15, -0.1) is 0 Å². The van der Waals surface area contributed by atoms with E-state index in [4.69, 9.17) is 9.47 Å². The summed E-state index contributed by atoms with van der Waals surface area (Å²) in [5.41, 5.74) is 8.82. The van der Waals surface area contributed by atoms with Crippen molar-refractivity contribution in [2.75, 3.05) is 14.2 Å². The van der Waals surface area contributed by atoms with Crippen molar-refractivity contribution in [3.8, 4) is 0 Å². The first-order valence-corrected chi connectivity index (χ1v) is 16.1. The molecule has 8 bridgehead atoms. The fourth-order valence-corrected chi connectivity index (χ4v) is 7.80. The number of allylic oxidation sites excluding steroid dienone is 2. The molecule has 0 radical (unpaired) electrons. The number of hydrogen-bond donors (Lipinski definition) is 4. The molecule has 1 saturated heterocycles. The molecule has 0 aromatic carbocycles. The van der Waals surface area contributed by atoms with Gasteiger partial charge in [-0.2, -0.15) is 0 Å². The summed E-state index contributed by atoms with van der Waals surface area (Å²) in [5.74, 6) is -1.68. The van der Waals surface area contributed by atoms with E-state index < -0.39 is 11.4 Å². The number of rotatable bonds is 7. The van der Waals surface area contributed by atoms with Gasteiger partial charge in [-0.25, -0.2) is 0 Å². The summed E-state index contributed by atoms with van der Waals surface area (Å²) in [6, 6.07) is 0. The Balaban J connectivity index is 1.74. The zero-order valence-electron chi connectivity index (χ0n) is 28.2. The lowest BCUT2D eigenvalue weighted by molar-refractivity contribution is -0.146. The number of ketones is 1. The quantitative estimate of drug-likeness (QED) is 0.175. The molecular weight excluding hydrogens is 596 g/mol. The number of nitrogens with one attached hydrogen (secondary N) is 4. The number of Topliss-reactive ketones (excluding diaryl/α,β-unsaturated/α-hetero) is 1. The normalized spacial score (nSPS) is 21.2. The number of ether oxygens (including phenoxy) is 2. The van der Waals surface area contributed by atoms with Gasteiger partial charge in [-0.1, -0.05) is 13.8 Å². The highest BCUT2D eigenvalue weighted by molar-refractivity contribution is 6.28. The maximum absolute atomic E-state index is 14.4. The number of carbonyl (C=O) groups is 4. The minimum absolute atomic E-state index is 0.120. The van der Waals surface area contributed by atoms with Crippen LogP contribution in [0.5, 0.6) is 0 Å². The Kier molecular flexibility index (Phi) is 8.02. The molecule has 3 unspecified atom stereocenters. The van der Waals surface area contributed by atoms with Crippen molar-refractivity contribution in [2.45, 2.75) is 67.2 Å². The van der Waals surface area contributed by atoms with Crippen molar-refractivity contribution >= 4 is 47.8 Å². The summed E-state index contributed by atoms with van der Waals surface area (Å²) in [7, 11) is 2.66. The van der Waals surface area contributed by atoms with Crippen LogP contribution < -0.4 is 16.0 Å². The summed E-state index contributed by atoms with van der Waals surface area (Å²) in [6.45, 7) is 11.8. The van der Waals surface area contributed by atoms with Gasteiger partial charge < -0.3 is 34.5 Å². The number of carbonyl (C=O) groups excluding carboxylic acids is 4. The molecule has 3 aromatic rings. The second-order valence-corrected chi connectivity index (χ2v) is 13.0. The van der Waals surface area contributed by atoms with Gasteiger partial charge in [-0.05, 0) is 86.6 Å². The van der Waals surface area contributed by atoms with Crippen LogP contribution >= 0.6 is 0 Å². The zero-order chi connectivity index (χ0) is 33.9. The summed E-state index contributed by atoms with van der Waals surface area (Å²) < 4.78 is 10.3. The van der Waals surface area contributed by atoms with E-state index in [1.54, 1.807) is 6.92 Å². The van der Waals surface area contributed by atoms with E-state index in [1.165, 1.54) is 14.2 Å². The summed E-state index contributed by atoms with van der Waals surface area (Å²) in [6.07, 6.45) is 8.66. The molecule has 0 saturated carbocycles. The molecule has 0 spiro atoms. The van der Waals surface area contributed by atoms with Crippen molar-refractivity contribution in [1.29, 1.82) is 0 Å². The Morgan fingerprint density at radius 3 is 2.28 bits per heavy atom. The van der Waals surface area contributed by atoms with Crippen LogP contribution in [0.4, 0.5) is 0 Å². The third kappa shape index (κ3) is 4.75. The first-order chi connectivity index (χ1) is 22.4. The monoisotopic (exact) mass is 638 g/mol. The van der Waals surface area contributed by atoms with Gasteiger partial charge in [0.2, 0.25) is 0 Å². The lowest BCUT2D eigenvalue weighted by atomic mass is 9.77. The van der Waals surface area contributed by atoms with E-state index in [-0.39, 0.29) is 36.4 Å². The van der Waals surface area contributed by atoms with Crippen LogP contribution in [0.1, 0.15) is 94.6 Å². The fourth-order valence-electron chi connectivity index (χ4n) is 7.80. The first kappa shape index (κ1) is 32.1. The minimum Gasteiger partial charge on any atom is -0.469 e. The lowest BCUT2D eigenvalue weighted by Crippen LogP contribution is -2.36. The van der Waals surface area contributed by atoms with Crippen LogP contribution in [0.3, 0.4) is 0 Å². The Hall–Kier alpha value is -4.86. The number of aldehydes is 1. The molecule has 3 aliphatic rings. The predicted octanol–water partition coefficient (Wildman–Crippen LogP) is 3.81. The molecule has 10 nitrogen and oxygen atoms in total. The SMILES string of the molecule is CCc1c(C)c2[nH]c1=Cc1[nH]c3c(c1C)C(=O)C(C)(C(=O)OC)C3=C1NC(=Cc3[nH]c(c(CC=O)c3C)C=2)C(C)C1CCC(=O)OC. The average molecular weight is 639 g/mol. The Bertz CT molecular complexity index is 2050. The molecule has 5 heterocycles.